The molecular weight excluding hydrogens is 440 g/mol. The van der Waals surface area contributed by atoms with Crippen LogP contribution in [0.2, 0.25) is 0 Å². The van der Waals surface area contributed by atoms with Gasteiger partial charge in [-0.1, -0.05) is 12.1 Å². The number of nitriles is 1. The van der Waals surface area contributed by atoms with Gasteiger partial charge in [0.1, 0.15) is 28.7 Å². The average molecular weight is 465 g/mol. The summed E-state index contributed by atoms with van der Waals surface area (Å²) in [6, 6.07) is 11.1. The zero-order valence-electron chi connectivity index (χ0n) is 19.1. The fourth-order valence-corrected chi connectivity index (χ4v) is 4.83. The van der Waals surface area contributed by atoms with Crippen molar-refractivity contribution < 1.29 is 4.79 Å². The van der Waals surface area contributed by atoms with E-state index in [1.807, 2.05) is 34.9 Å². The summed E-state index contributed by atoms with van der Waals surface area (Å²) >= 11 is 0. The van der Waals surface area contributed by atoms with Crippen LogP contribution in [0, 0.1) is 11.5 Å². The first-order valence-electron chi connectivity index (χ1n) is 11.8. The number of fused-ring (bicyclic) bond motifs is 1. The Hall–Kier alpha value is -4.45. The van der Waals surface area contributed by atoms with Gasteiger partial charge in [0, 0.05) is 36.3 Å². The minimum atomic E-state index is -0.218. The Morgan fingerprint density at radius 3 is 2.71 bits per heavy atom. The fourth-order valence-electron chi connectivity index (χ4n) is 4.83. The van der Waals surface area contributed by atoms with Crippen LogP contribution in [-0.4, -0.2) is 36.7 Å². The third-order valence-electron chi connectivity index (χ3n) is 6.78. The molecule has 3 aromatic heterocycles. The van der Waals surface area contributed by atoms with Crippen molar-refractivity contribution in [3.8, 4) is 17.5 Å². The summed E-state index contributed by atoms with van der Waals surface area (Å²) in [7, 11) is 0. The van der Waals surface area contributed by atoms with Gasteiger partial charge < -0.3 is 11.1 Å². The van der Waals surface area contributed by atoms with Crippen molar-refractivity contribution >= 4 is 23.1 Å². The molecular formula is C26H24N8O. The molecule has 1 saturated carbocycles. The highest BCUT2D eigenvalue weighted by Gasteiger charge is 2.30. The molecule has 1 amide bonds. The Labute approximate surface area is 202 Å². The van der Waals surface area contributed by atoms with Crippen molar-refractivity contribution in [3.05, 3.63) is 71.9 Å². The summed E-state index contributed by atoms with van der Waals surface area (Å²) in [5.74, 6) is 2.07. The number of hydrogen-bond acceptors (Lipinski definition) is 7. The number of nitrogen functional groups attached to an aromatic ring is 1. The minimum absolute atomic E-state index is 0.105. The van der Waals surface area contributed by atoms with Crippen molar-refractivity contribution in [2.45, 2.75) is 37.6 Å². The summed E-state index contributed by atoms with van der Waals surface area (Å²) in [4.78, 5) is 28.1. The summed E-state index contributed by atoms with van der Waals surface area (Å²) < 4.78 is 1.93. The maximum atomic E-state index is 12.8. The molecule has 1 atom stereocenters. The lowest BCUT2D eigenvalue weighted by molar-refractivity contribution is 0.102. The molecule has 1 aromatic carbocycles. The number of carbonyl (C=O) groups excluding carboxylic acids is 1. The number of benzene rings is 1. The van der Waals surface area contributed by atoms with Crippen LogP contribution in [0.5, 0.6) is 0 Å². The van der Waals surface area contributed by atoms with Gasteiger partial charge in [-0.3, -0.25) is 14.1 Å². The largest absolute Gasteiger partial charge is 0.382 e. The quantitative estimate of drug-likeness (QED) is 0.426. The van der Waals surface area contributed by atoms with Crippen LogP contribution in [0.3, 0.4) is 0 Å². The first kappa shape index (κ1) is 21.1. The summed E-state index contributed by atoms with van der Waals surface area (Å²) in [6.07, 6.45) is 11.7. The Morgan fingerprint density at radius 2 is 1.94 bits per heavy atom. The highest BCUT2D eigenvalue weighted by atomic mass is 16.1. The van der Waals surface area contributed by atoms with Gasteiger partial charge in [0.25, 0.3) is 5.91 Å². The predicted octanol–water partition coefficient (Wildman–Crippen LogP) is 4.12. The highest BCUT2D eigenvalue weighted by molar-refractivity contribution is 6.04. The zero-order valence-corrected chi connectivity index (χ0v) is 19.1. The highest BCUT2D eigenvalue weighted by Crippen LogP contribution is 2.40. The topological polar surface area (TPSA) is 125 Å². The number of nitrogens with one attached hydrogen (secondary N) is 1. The van der Waals surface area contributed by atoms with Gasteiger partial charge in [0.05, 0.1) is 6.04 Å². The smallest absolute Gasteiger partial charge is 0.256 e. The second-order valence-electron chi connectivity index (χ2n) is 9.08. The molecule has 0 spiro atoms. The van der Waals surface area contributed by atoms with Crippen LogP contribution < -0.4 is 11.1 Å². The van der Waals surface area contributed by atoms with Gasteiger partial charge in [0.15, 0.2) is 6.19 Å². The molecule has 6 rings (SSSR count). The summed E-state index contributed by atoms with van der Waals surface area (Å²) in [6.45, 7) is 0.716. The van der Waals surface area contributed by atoms with Crippen LogP contribution in [-0.2, 0) is 0 Å². The second kappa shape index (κ2) is 8.40. The standard InChI is InChI=1S/C26H24N8O/c27-15-33-12-1-2-20(33)25-32-22(23-24(28)30-11-13-34(23)25)17-5-7-18(8-6-17)26(35)31-21-14-19(9-10-29-21)16-3-4-16/h5-11,13-14,16,20H,1-4,12H2,(H2,28,30)(H,29,31,35). The molecule has 2 aliphatic rings. The van der Waals surface area contributed by atoms with Gasteiger partial charge in [-0.15, -0.1) is 0 Å². The van der Waals surface area contributed by atoms with E-state index >= 15 is 0 Å². The number of rotatable bonds is 5. The summed E-state index contributed by atoms with van der Waals surface area (Å²) in [5.41, 5.74) is 10.2. The Morgan fingerprint density at radius 1 is 1.11 bits per heavy atom. The molecule has 9 heteroatoms. The number of hydrogen-bond donors (Lipinski definition) is 2. The minimum Gasteiger partial charge on any atom is -0.382 e. The first-order valence-corrected chi connectivity index (χ1v) is 11.8. The van der Waals surface area contributed by atoms with Crippen LogP contribution in [0.25, 0.3) is 16.8 Å². The molecule has 2 fully saturated rings. The van der Waals surface area contributed by atoms with Crippen LogP contribution in [0.1, 0.15) is 59.4 Å². The Balaban J connectivity index is 1.30. The monoisotopic (exact) mass is 464 g/mol. The maximum Gasteiger partial charge on any atom is 0.256 e. The Kier molecular flexibility index (Phi) is 5.07. The van der Waals surface area contributed by atoms with Crippen molar-refractivity contribution in [3.63, 3.8) is 0 Å². The second-order valence-corrected chi connectivity index (χ2v) is 9.08. The number of carbonyl (C=O) groups is 1. The van der Waals surface area contributed by atoms with Gasteiger partial charge in [-0.2, -0.15) is 5.26 Å². The average Bonchev–Trinajstić information content (AvgIpc) is 3.50. The number of likely N-dealkylation sites (tertiary alicyclic amines) is 1. The molecule has 1 aliphatic heterocycles. The van der Waals surface area contributed by atoms with E-state index in [2.05, 4.69) is 21.5 Å². The molecule has 1 saturated heterocycles. The fraction of sp³-hybridized carbons (Fsp3) is 0.269. The lowest BCUT2D eigenvalue weighted by atomic mass is 10.1. The predicted molar refractivity (Wildman–Crippen MR) is 131 cm³/mol. The van der Waals surface area contributed by atoms with E-state index in [1.165, 1.54) is 18.4 Å². The van der Waals surface area contributed by atoms with E-state index in [0.29, 0.717) is 40.9 Å². The maximum absolute atomic E-state index is 12.8. The van der Waals surface area contributed by atoms with E-state index in [0.717, 1.165) is 24.2 Å². The van der Waals surface area contributed by atoms with Gasteiger partial charge in [-0.25, -0.2) is 15.0 Å². The molecule has 174 valence electrons. The molecule has 0 radical (unpaired) electrons. The molecule has 4 heterocycles. The SMILES string of the molecule is N#CN1CCCC1c1nc(-c2ccc(C(=O)Nc3cc(C4CC4)ccn3)cc2)c2c(N)nccn12. The van der Waals surface area contributed by atoms with Gasteiger partial charge >= 0.3 is 0 Å². The third-order valence-corrected chi connectivity index (χ3v) is 6.78. The van der Waals surface area contributed by atoms with Crippen LogP contribution in [0.15, 0.2) is 55.0 Å². The van der Waals surface area contributed by atoms with Crippen LogP contribution >= 0.6 is 0 Å². The van der Waals surface area contributed by atoms with Crippen molar-refractivity contribution in [2.75, 3.05) is 17.6 Å². The zero-order chi connectivity index (χ0) is 23.9. The normalized spacial score (nSPS) is 17.5. The van der Waals surface area contributed by atoms with E-state index in [9.17, 15) is 10.1 Å². The number of anilines is 2. The number of pyridine rings is 1. The third kappa shape index (κ3) is 3.83. The molecule has 3 N–H and O–H groups in total. The molecule has 9 nitrogen and oxygen atoms in total. The molecule has 35 heavy (non-hydrogen) atoms. The van der Waals surface area contributed by atoms with Crippen LogP contribution in [0.4, 0.5) is 11.6 Å². The molecule has 4 aromatic rings. The number of aromatic nitrogens is 4. The van der Waals surface area contributed by atoms with Crippen molar-refractivity contribution in [1.82, 2.24) is 24.3 Å². The van der Waals surface area contributed by atoms with E-state index in [1.54, 1.807) is 29.4 Å². The van der Waals surface area contributed by atoms with E-state index < -0.39 is 0 Å². The van der Waals surface area contributed by atoms with E-state index in [-0.39, 0.29) is 11.9 Å². The number of imidazole rings is 1. The Bertz CT molecular complexity index is 1470. The first-order chi connectivity index (χ1) is 17.1. The molecule has 0 bridgehead atoms. The lowest BCUT2D eigenvalue weighted by Gasteiger charge is -2.16. The van der Waals surface area contributed by atoms with Crippen molar-refractivity contribution in [2.24, 2.45) is 0 Å². The molecule has 1 aliphatic carbocycles. The van der Waals surface area contributed by atoms with Crippen molar-refractivity contribution in [1.29, 1.82) is 5.26 Å². The summed E-state index contributed by atoms with van der Waals surface area (Å²) in [5, 5.41) is 12.4. The van der Waals surface area contributed by atoms with E-state index in [4.69, 9.17) is 10.7 Å². The van der Waals surface area contributed by atoms with Gasteiger partial charge in [-0.05, 0) is 61.4 Å². The number of nitrogens with zero attached hydrogens (tertiary/aromatic N) is 6. The van der Waals surface area contributed by atoms with Gasteiger partial charge in [0.2, 0.25) is 0 Å². The lowest BCUT2D eigenvalue weighted by Crippen LogP contribution is -2.19. The number of amides is 1. The molecule has 1 unspecified atom stereocenters. The number of nitrogens with two attached hydrogens (primary N) is 1.